The Hall–Kier alpha value is -2.48. The molecular formula is C24H32F2N4O2. The van der Waals surface area contributed by atoms with Gasteiger partial charge in [0.25, 0.3) is 0 Å². The Morgan fingerprint density at radius 2 is 2.06 bits per heavy atom. The lowest BCUT2D eigenvalue weighted by Gasteiger charge is -2.40. The number of benzene rings is 1. The molecule has 2 fully saturated rings. The molecule has 2 aliphatic rings. The number of amides is 1. The molecule has 8 heteroatoms. The number of piperidine rings is 1. The van der Waals surface area contributed by atoms with E-state index in [0.29, 0.717) is 38.2 Å². The number of nitrogens with one attached hydrogen (secondary N) is 1. The monoisotopic (exact) mass is 446 g/mol. The molecule has 174 valence electrons. The Morgan fingerprint density at radius 3 is 2.72 bits per heavy atom. The van der Waals surface area contributed by atoms with E-state index in [9.17, 15) is 13.6 Å². The number of alkyl halides is 1. The van der Waals surface area contributed by atoms with Crippen molar-refractivity contribution in [2.75, 3.05) is 26.2 Å². The molecular weight excluding hydrogens is 414 g/mol. The molecule has 1 N–H and O–H groups in total. The molecule has 2 saturated heterocycles. The van der Waals surface area contributed by atoms with Gasteiger partial charge in [0.05, 0.1) is 11.6 Å². The van der Waals surface area contributed by atoms with Crippen molar-refractivity contribution in [2.24, 2.45) is 5.92 Å². The highest BCUT2D eigenvalue weighted by Gasteiger charge is 2.36. The van der Waals surface area contributed by atoms with E-state index >= 15 is 0 Å². The van der Waals surface area contributed by atoms with Gasteiger partial charge in [0.2, 0.25) is 0 Å². The highest BCUT2D eigenvalue weighted by molar-refractivity contribution is 5.69. The number of imidazole rings is 1. The largest absolute Gasteiger partial charge is 0.444 e. The quantitative estimate of drug-likeness (QED) is 0.762. The molecule has 0 radical (unpaired) electrons. The van der Waals surface area contributed by atoms with Crippen LogP contribution in [0.1, 0.15) is 44.5 Å². The molecule has 3 heterocycles. The number of rotatable bonds is 4. The lowest BCUT2D eigenvalue weighted by Crippen LogP contribution is -2.53. The van der Waals surface area contributed by atoms with E-state index in [0.717, 1.165) is 23.6 Å². The van der Waals surface area contributed by atoms with Crippen LogP contribution >= 0.6 is 0 Å². The molecule has 1 aromatic carbocycles. The van der Waals surface area contributed by atoms with Crippen LogP contribution in [0.3, 0.4) is 0 Å². The normalized spacial score (nSPS) is 22.0. The maximum absolute atomic E-state index is 14.8. The average Bonchev–Trinajstić information content (AvgIpc) is 3.09. The number of ether oxygens (including phenoxy) is 1. The molecule has 0 bridgehead atoms. The highest BCUT2D eigenvalue weighted by Crippen LogP contribution is 2.32. The van der Waals surface area contributed by atoms with Gasteiger partial charge < -0.3 is 19.5 Å². The fraction of sp³-hybridized carbons (Fsp3) is 0.583. The predicted molar refractivity (Wildman–Crippen MR) is 119 cm³/mol. The summed E-state index contributed by atoms with van der Waals surface area (Å²) in [4.78, 5) is 18.7. The molecule has 1 amide bonds. The first-order valence-corrected chi connectivity index (χ1v) is 11.3. The number of carbonyl (C=O) groups excluding carboxylic acids is 1. The molecule has 2 aliphatic heterocycles. The van der Waals surface area contributed by atoms with Crippen molar-refractivity contribution < 1.29 is 18.3 Å². The van der Waals surface area contributed by atoms with E-state index < -0.39 is 11.8 Å². The standard InChI is InChI=1S/C24H32F2N4O2/c1-15-9-17(5-6-19(15)25)21-14-29(22(28-21)18-7-8-27-10-20(18)26)11-16-12-30(13-16)23(31)32-24(2,3)4/h5-6,9,14,16,18,20,27H,7-8,10-13H2,1-4H3. The summed E-state index contributed by atoms with van der Waals surface area (Å²) in [6, 6.07) is 4.92. The molecule has 1 aromatic heterocycles. The Morgan fingerprint density at radius 1 is 1.31 bits per heavy atom. The first kappa shape index (κ1) is 22.7. The Kier molecular flexibility index (Phi) is 6.25. The summed E-state index contributed by atoms with van der Waals surface area (Å²) in [5, 5.41) is 3.09. The van der Waals surface area contributed by atoms with Crippen LogP contribution in [0.25, 0.3) is 11.3 Å². The number of aromatic nitrogens is 2. The van der Waals surface area contributed by atoms with Crippen molar-refractivity contribution >= 4 is 6.09 Å². The van der Waals surface area contributed by atoms with Crippen LogP contribution in [-0.2, 0) is 11.3 Å². The second-order valence-electron chi connectivity index (χ2n) is 9.97. The summed E-state index contributed by atoms with van der Waals surface area (Å²) in [6.07, 6.45) is 1.30. The van der Waals surface area contributed by atoms with Gasteiger partial charge in [-0.3, -0.25) is 0 Å². The second kappa shape index (κ2) is 8.81. The molecule has 4 rings (SSSR count). The van der Waals surface area contributed by atoms with Crippen LogP contribution in [0.2, 0.25) is 0 Å². The second-order valence-corrected chi connectivity index (χ2v) is 9.97. The summed E-state index contributed by atoms with van der Waals surface area (Å²) in [6.45, 7) is 10.2. The Labute approximate surface area is 188 Å². The number of hydrogen-bond acceptors (Lipinski definition) is 4. The van der Waals surface area contributed by atoms with E-state index in [2.05, 4.69) is 5.32 Å². The van der Waals surface area contributed by atoms with Gasteiger partial charge in [-0.05, 0) is 64.4 Å². The number of hydrogen-bond donors (Lipinski definition) is 1. The topological polar surface area (TPSA) is 59.4 Å². The van der Waals surface area contributed by atoms with Gasteiger partial charge in [-0.1, -0.05) is 0 Å². The van der Waals surface area contributed by atoms with Crippen molar-refractivity contribution in [1.82, 2.24) is 19.8 Å². The Bertz CT molecular complexity index is 979. The molecule has 2 aromatic rings. The summed E-state index contributed by atoms with van der Waals surface area (Å²) in [5.74, 6) is 0.436. The van der Waals surface area contributed by atoms with E-state index in [4.69, 9.17) is 9.72 Å². The van der Waals surface area contributed by atoms with E-state index in [1.807, 2.05) is 31.5 Å². The number of halogens is 2. The number of nitrogens with zero attached hydrogens (tertiary/aromatic N) is 3. The van der Waals surface area contributed by atoms with Crippen LogP contribution in [0.5, 0.6) is 0 Å². The summed E-state index contributed by atoms with van der Waals surface area (Å²) >= 11 is 0. The van der Waals surface area contributed by atoms with E-state index in [-0.39, 0.29) is 23.7 Å². The first-order valence-electron chi connectivity index (χ1n) is 11.3. The smallest absolute Gasteiger partial charge is 0.410 e. The summed E-state index contributed by atoms with van der Waals surface area (Å²) < 4.78 is 36.0. The highest BCUT2D eigenvalue weighted by atomic mass is 19.1. The van der Waals surface area contributed by atoms with Gasteiger partial charge in [-0.25, -0.2) is 18.6 Å². The minimum Gasteiger partial charge on any atom is -0.444 e. The van der Waals surface area contributed by atoms with Crippen LogP contribution in [0, 0.1) is 18.7 Å². The predicted octanol–water partition coefficient (Wildman–Crippen LogP) is 4.28. The molecule has 6 nitrogen and oxygen atoms in total. The number of carbonyl (C=O) groups is 1. The van der Waals surface area contributed by atoms with Gasteiger partial charge in [0, 0.05) is 43.9 Å². The molecule has 32 heavy (non-hydrogen) atoms. The van der Waals surface area contributed by atoms with Gasteiger partial charge in [0.15, 0.2) is 0 Å². The maximum atomic E-state index is 14.8. The summed E-state index contributed by atoms with van der Waals surface area (Å²) in [5.41, 5.74) is 1.57. The van der Waals surface area contributed by atoms with Gasteiger partial charge in [-0.2, -0.15) is 0 Å². The Balaban J connectivity index is 1.53. The minimum absolute atomic E-state index is 0.248. The third-order valence-electron chi connectivity index (χ3n) is 6.06. The first-order chi connectivity index (χ1) is 15.1. The number of likely N-dealkylation sites (tertiary alicyclic amines) is 1. The van der Waals surface area contributed by atoms with E-state index in [1.54, 1.807) is 24.0 Å². The van der Waals surface area contributed by atoms with Crippen molar-refractivity contribution in [3.63, 3.8) is 0 Å². The molecule has 2 atom stereocenters. The van der Waals surface area contributed by atoms with Crippen molar-refractivity contribution in [1.29, 1.82) is 0 Å². The SMILES string of the molecule is Cc1cc(-c2cn(CC3CN(C(=O)OC(C)(C)C)C3)c(C3CCNCC3F)n2)ccc1F. The minimum atomic E-state index is -1.01. The fourth-order valence-corrected chi connectivity index (χ4v) is 4.37. The fourth-order valence-electron chi connectivity index (χ4n) is 4.37. The maximum Gasteiger partial charge on any atom is 0.410 e. The average molecular weight is 447 g/mol. The van der Waals surface area contributed by atoms with Crippen LogP contribution < -0.4 is 5.32 Å². The van der Waals surface area contributed by atoms with Crippen molar-refractivity contribution in [3.8, 4) is 11.3 Å². The zero-order valence-electron chi connectivity index (χ0n) is 19.2. The third kappa shape index (κ3) is 4.95. The van der Waals surface area contributed by atoms with Crippen LogP contribution in [0.15, 0.2) is 24.4 Å². The zero-order valence-corrected chi connectivity index (χ0v) is 19.2. The van der Waals surface area contributed by atoms with Crippen LogP contribution in [-0.4, -0.2) is 58.5 Å². The molecule has 0 spiro atoms. The summed E-state index contributed by atoms with van der Waals surface area (Å²) in [7, 11) is 0. The zero-order chi connectivity index (χ0) is 23.0. The number of aryl methyl sites for hydroxylation is 1. The van der Waals surface area contributed by atoms with Crippen LogP contribution in [0.4, 0.5) is 13.6 Å². The van der Waals surface area contributed by atoms with Crippen molar-refractivity contribution in [3.05, 3.63) is 41.6 Å². The third-order valence-corrected chi connectivity index (χ3v) is 6.06. The molecule has 0 saturated carbocycles. The van der Waals surface area contributed by atoms with E-state index in [1.165, 1.54) is 6.07 Å². The molecule has 0 aliphatic carbocycles. The van der Waals surface area contributed by atoms with Gasteiger partial charge in [0.1, 0.15) is 23.4 Å². The van der Waals surface area contributed by atoms with Gasteiger partial charge in [-0.15, -0.1) is 0 Å². The van der Waals surface area contributed by atoms with Gasteiger partial charge >= 0.3 is 6.09 Å². The lowest BCUT2D eigenvalue weighted by molar-refractivity contribution is -0.00353. The van der Waals surface area contributed by atoms with Crippen molar-refractivity contribution in [2.45, 2.75) is 58.4 Å². The lowest BCUT2D eigenvalue weighted by atomic mass is 9.94. The molecule has 2 unspecified atom stereocenters.